The van der Waals surface area contributed by atoms with E-state index in [0.717, 1.165) is 4.47 Å². The van der Waals surface area contributed by atoms with Crippen molar-refractivity contribution in [3.8, 4) is 11.5 Å². The monoisotopic (exact) mass is 310 g/mol. The number of carboxylic acid groups (broad SMARTS) is 1. The Balaban J connectivity index is 2.02. The molecular weight excluding hydrogens is 300 g/mol. The molecule has 6 heteroatoms. The Bertz CT molecular complexity index is 554. The van der Waals surface area contributed by atoms with E-state index < -0.39 is 5.97 Å². The molecule has 0 radical (unpaired) electrons. The Morgan fingerprint density at radius 1 is 1.44 bits per heavy atom. The summed E-state index contributed by atoms with van der Waals surface area (Å²) in [5, 5.41) is 12.6. The van der Waals surface area contributed by atoms with Crippen LogP contribution in [0.1, 0.15) is 6.42 Å². The smallest absolute Gasteiger partial charge is 0.305 e. The van der Waals surface area contributed by atoms with Gasteiger partial charge in [0, 0.05) is 0 Å². The largest absolute Gasteiger partial charge is 0.481 e. The Hall–Kier alpha value is -1.82. The van der Waals surface area contributed by atoms with Crippen LogP contribution in [-0.2, 0) is 11.3 Å². The van der Waals surface area contributed by atoms with E-state index in [9.17, 15) is 4.79 Å². The Morgan fingerprint density at radius 3 is 2.94 bits per heavy atom. The predicted octanol–water partition coefficient (Wildman–Crippen LogP) is 2.91. The number of aryl methyl sites for hydroxylation is 1. The number of nitrogens with zero attached hydrogens (tertiary/aromatic N) is 2. The van der Waals surface area contributed by atoms with Crippen molar-refractivity contribution in [2.45, 2.75) is 13.0 Å². The molecule has 0 atom stereocenters. The van der Waals surface area contributed by atoms with Crippen LogP contribution in [0.4, 0.5) is 0 Å². The van der Waals surface area contributed by atoms with Gasteiger partial charge in [-0.25, -0.2) is 0 Å². The van der Waals surface area contributed by atoms with E-state index in [2.05, 4.69) is 21.0 Å². The van der Waals surface area contributed by atoms with Crippen molar-refractivity contribution in [1.82, 2.24) is 9.78 Å². The zero-order valence-electron chi connectivity index (χ0n) is 9.41. The van der Waals surface area contributed by atoms with Gasteiger partial charge in [0.05, 0.1) is 29.8 Å². The van der Waals surface area contributed by atoms with Crippen LogP contribution in [0.2, 0.25) is 0 Å². The van der Waals surface area contributed by atoms with Crippen molar-refractivity contribution in [2.75, 3.05) is 0 Å². The van der Waals surface area contributed by atoms with Gasteiger partial charge in [0.15, 0.2) is 5.75 Å². The van der Waals surface area contributed by atoms with Crippen LogP contribution >= 0.6 is 15.9 Å². The van der Waals surface area contributed by atoms with Gasteiger partial charge < -0.3 is 9.84 Å². The summed E-state index contributed by atoms with van der Waals surface area (Å²) in [6.45, 7) is 0.328. The number of para-hydroxylation sites is 1. The van der Waals surface area contributed by atoms with Crippen molar-refractivity contribution < 1.29 is 14.6 Å². The zero-order valence-corrected chi connectivity index (χ0v) is 11.0. The van der Waals surface area contributed by atoms with Crippen molar-refractivity contribution >= 4 is 21.9 Å². The van der Waals surface area contributed by atoms with Gasteiger partial charge in [0.1, 0.15) is 5.75 Å². The third kappa shape index (κ3) is 3.33. The summed E-state index contributed by atoms with van der Waals surface area (Å²) in [6.07, 6.45) is 3.26. The topological polar surface area (TPSA) is 64.3 Å². The molecule has 1 aromatic heterocycles. The average molecular weight is 311 g/mol. The molecule has 0 saturated carbocycles. The minimum atomic E-state index is -0.848. The van der Waals surface area contributed by atoms with Gasteiger partial charge >= 0.3 is 5.97 Å². The molecule has 0 spiro atoms. The van der Waals surface area contributed by atoms with Crippen LogP contribution in [0.3, 0.4) is 0 Å². The maximum Gasteiger partial charge on any atom is 0.305 e. The molecule has 0 aliphatic carbocycles. The molecule has 2 aromatic rings. The third-order valence-electron chi connectivity index (χ3n) is 2.23. The number of rotatable bonds is 5. The van der Waals surface area contributed by atoms with Crippen molar-refractivity contribution in [3.05, 3.63) is 41.1 Å². The number of hydrogen-bond donors (Lipinski definition) is 1. The van der Waals surface area contributed by atoms with Gasteiger partial charge in [-0.05, 0) is 28.1 Å². The lowest BCUT2D eigenvalue weighted by atomic mass is 10.3. The summed E-state index contributed by atoms with van der Waals surface area (Å²) < 4.78 is 8.01. The van der Waals surface area contributed by atoms with Crippen LogP contribution in [0.5, 0.6) is 11.5 Å². The molecule has 0 unspecified atom stereocenters. The molecule has 5 nitrogen and oxygen atoms in total. The first-order chi connectivity index (χ1) is 8.65. The van der Waals surface area contributed by atoms with Gasteiger partial charge in [0.2, 0.25) is 0 Å². The van der Waals surface area contributed by atoms with Crippen LogP contribution < -0.4 is 4.74 Å². The maximum atomic E-state index is 10.4. The number of aromatic nitrogens is 2. The highest BCUT2D eigenvalue weighted by Gasteiger charge is 2.05. The van der Waals surface area contributed by atoms with E-state index in [0.29, 0.717) is 18.0 Å². The fourth-order valence-electron chi connectivity index (χ4n) is 1.38. The molecule has 0 bridgehead atoms. The maximum absolute atomic E-state index is 10.4. The standard InChI is InChI=1S/C12H11BrN2O3/c13-10-3-1-2-4-11(10)18-9-7-14-15(8-9)6-5-12(16)17/h1-4,7-8H,5-6H2,(H,16,17). The Morgan fingerprint density at radius 2 is 2.22 bits per heavy atom. The van der Waals surface area contributed by atoms with E-state index in [1.165, 1.54) is 0 Å². The second-order valence-electron chi connectivity index (χ2n) is 3.62. The summed E-state index contributed by atoms with van der Waals surface area (Å²) in [4.78, 5) is 10.4. The van der Waals surface area contributed by atoms with Gasteiger partial charge in [0.25, 0.3) is 0 Å². The van der Waals surface area contributed by atoms with Gasteiger partial charge in [-0.15, -0.1) is 0 Å². The number of benzene rings is 1. The molecule has 0 fully saturated rings. The summed E-state index contributed by atoms with van der Waals surface area (Å²) in [6, 6.07) is 7.48. The lowest BCUT2D eigenvalue weighted by Gasteiger charge is -2.04. The molecule has 1 heterocycles. The van der Waals surface area contributed by atoms with E-state index in [1.54, 1.807) is 17.1 Å². The third-order valence-corrected chi connectivity index (χ3v) is 2.88. The average Bonchev–Trinajstić information content (AvgIpc) is 2.77. The highest BCUT2D eigenvalue weighted by molar-refractivity contribution is 9.10. The molecule has 2 rings (SSSR count). The van der Waals surface area contributed by atoms with E-state index in [1.807, 2.05) is 24.3 Å². The first kappa shape index (κ1) is 12.6. The van der Waals surface area contributed by atoms with Crippen LogP contribution in [0.25, 0.3) is 0 Å². The summed E-state index contributed by atoms with van der Waals surface area (Å²) in [7, 11) is 0. The van der Waals surface area contributed by atoms with Gasteiger partial charge in [-0.3, -0.25) is 9.48 Å². The quantitative estimate of drug-likeness (QED) is 0.922. The van der Waals surface area contributed by atoms with Crippen molar-refractivity contribution in [3.63, 3.8) is 0 Å². The van der Waals surface area contributed by atoms with E-state index in [-0.39, 0.29) is 6.42 Å². The van der Waals surface area contributed by atoms with Crippen LogP contribution in [0.15, 0.2) is 41.1 Å². The molecule has 0 aliphatic rings. The second kappa shape index (κ2) is 5.68. The first-order valence-corrected chi connectivity index (χ1v) is 6.11. The van der Waals surface area contributed by atoms with Gasteiger partial charge in [-0.1, -0.05) is 12.1 Å². The van der Waals surface area contributed by atoms with Crippen LogP contribution in [-0.4, -0.2) is 20.9 Å². The zero-order chi connectivity index (χ0) is 13.0. The fourth-order valence-corrected chi connectivity index (χ4v) is 1.75. The number of carbonyl (C=O) groups is 1. The predicted molar refractivity (Wildman–Crippen MR) is 68.7 cm³/mol. The summed E-state index contributed by atoms with van der Waals surface area (Å²) in [5.41, 5.74) is 0. The number of ether oxygens (including phenoxy) is 1. The number of carboxylic acids is 1. The highest BCUT2D eigenvalue weighted by Crippen LogP contribution is 2.28. The number of halogens is 1. The summed E-state index contributed by atoms with van der Waals surface area (Å²) in [5.74, 6) is 0.418. The highest BCUT2D eigenvalue weighted by atomic mass is 79.9. The Kier molecular flexibility index (Phi) is 3.99. The molecule has 1 N–H and O–H groups in total. The minimum Gasteiger partial charge on any atom is -0.481 e. The molecule has 1 aromatic carbocycles. The lowest BCUT2D eigenvalue weighted by molar-refractivity contribution is -0.137. The van der Waals surface area contributed by atoms with E-state index >= 15 is 0 Å². The van der Waals surface area contributed by atoms with Crippen molar-refractivity contribution in [1.29, 1.82) is 0 Å². The van der Waals surface area contributed by atoms with E-state index in [4.69, 9.17) is 9.84 Å². The second-order valence-corrected chi connectivity index (χ2v) is 4.47. The molecule has 0 aliphatic heterocycles. The summed E-state index contributed by atoms with van der Waals surface area (Å²) >= 11 is 3.38. The van der Waals surface area contributed by atoms with Gasteiger partial charge in [-0.2, -0.15) is 5.10 Å². The molecule has 18 heavy (non-hydrogen) atoms. The lowest BCUT2D eigenvalue weighted by Crippen LogP contribution is -2.04. The fraction of sp³-hybridized carbons (Fsp3) is 0.167. The number of aliphatic carboxylic acids is 1. The first-order valence-electron chi connectivity index (χ1n) is 5.32. The van der Waals surface area contributed by atoms with Crippen LogP contribution in [0, 0.1) is 0 Å². The minimum absolute atomic E-state index is 0.0378. The molecule has 0 amide bonds. The molecular formula is C12H11BrN2O3. The number of hydrogen-bond acceptors (Lipinski definition) is 3. The normalized spacial score (nSPS) is 10.3. The molecule has 0 saturated heterocycles. The Labute approximate surface area is 112 Å². The van der Waals surface area contributed by atoms with Crippen molar-refractivity contribution in [2.24, 2.45) is 0 Å². The molecule has 94 valence electrons. The SMILES string of the molecule is O=C(O)CCn1cc(Oc2ccccc2Br)cn1.